The van der Waals surface area contributed by atoms with Gasteiger partial charge in [0, 0.05) is 5.56 Å². The maximum atomic E-state index is 13.2. The first kappa shape index (κ1) is 11.6. The van der Waals surface area contributed by atoms with Crippen LogP contribution in [0.3, 0.4) is 0 Å². The van der Waals surface area contributed by atoms with Crippen molar-refractivity contribution in [2.45, 2.75) is 12.2 Å². The van der Waals surface area contributed by atoms with Crippen LogP contribution in [0, 0.1) is 0 Å². The maximum Gasteiger partial charge on any atom is 0.416 e. The average molecular weight is 252 g/mol. The summed E-state index contributed by atoms with van der Waals surface area (Å²) in [5.41, 5.74) is -1.25. The Morgan fingerprint density at radius 2 is 1.71 bits per heavy atom. The lowest BCUT2D eigenvalue weighted by Crippen LogP contribution is -2.46. The van der Waals surface area contributed by atoms with Gasteiger partial charge in [0.1, 0.15) is 0 Å². The number of hydrogen-bond acceptors (Lipinski definition) is 1. The van der Waals surface area contributed by atoms with Gasteiger partial charge < -0.3 is 0 Å². The van der Waals surface area contributed by atoms with Gasteiger partial charge in [-0.25, -0.2) is 4.79 Å². The number of halogens is 5. The van der Waals surface area contributed by atoms with E-state index >= 15 is 0 Å². The molecule has 8 heteroatoms. The van der Waals surface area contributed by atoms with Gasteiger partial charge in [0.2, 0.25) is 0 Å². The number of alkyl halides is 3. The summed E-state index contributed by atoms with van der Waals surface area (Å²) >= 11 is 0. The zero-order chi connectivity index (χ0) is 12.8. The van der Waals surface area contributed by atoms with Gasteiger partial charge in [-0.15, -0.1) is 10.2 Å². The van der Waals surface area contributed by atoms with Crippen LogP contribution >= 0.6 is 0 Å². The quantitative estimate of drug-likeness (QED) is 0.513. The second-order valence-corrected chi connectivity index (χ2v) is 3.38. The minimum absolute atomic E-state index is 0.603. The lowest BCUT2D eigenvalue weighted by atomic mass is 10.0. The molecule has 0 N–H and O–H groups in total. The third-order valence-corrected chi connectivity index (χ3v) is 2.33. The van der Waals surface area contributed by atoms with Crippen LogP contribution in [0.15, 0.2) is 24.3 Å². The molecule has 1 heterocycles. The van der Waals surface area contributed by atoms with E-state index in [1.54, 1.807) is 0 Å². The third kappa shape index (κ3) is 1.69. The van der Waals surface area contributed by atoms with E-state index in [0.717, 1.165) is 12.1 Å². The summed E-state index contributed by atoms with van der Waals surface area (Å²) in [6.45, 7) is 0. The lowest BCUT2D eigenvalue weighted by Gasteiger charge is -2.33. The Labute approximate surface area is 91.9 Å². The van der Waals surface area contributed by atoms with Gasteiger partial charge >= 0.3 is 12.2 Å². The number of rotatable bonds is 0. The van der Waals surface area contributed by atoms with Crippen molar-refractivity contribution < 1.29 is 26.9 Å². The predicted molar refractivity (Wildman–Crippen MR) is 47.2 cm³/mol. The number of urea groups is 1. The molecule has 0 saturated carbocycles. The van der Waals surface area contributed by atoms with Crippen molar-refractivity contribution >= 4 is 11.7 Å². The highest BCUT2D eigenvalue weighted by molar-refractivity contribution is 5.92. The fourth-order valence-electron chi connectivity index (χ4n) is 1.62. The predicted octanol–water partition coefficient (Wildman–Crippen LogP) is 3.30. The summed E-state index contributed by atoms with van der Waals surface area (Å²) in [4.78, 5) is 10.9. The Kier molecular flexibility index (Phi) is 2.44. The number of carbonyl (C=O) groups excluding carboxylic acids is 1. The van der Waals surface area contributed by atoms with Crippen molar-refractivity contribution in [2.24, 2.45) is 0 Å². The second-order valence-electron chi connectivity index (χ2n) is 3.38. The van der Waals surface area contributed by atoms with Crippen molar-refractivity contribution in [3.63, 3.8) is 0 Å². The fraction of sp³-hybridized carbons (Fsp3) is 0.222. The number of benzene rings is 1. The molecule has 1 atom stereocenters. The number of fused-ring (bicyclic) bond motifs is 1. The van der Waals surface area contributed by atoms with Crippen LogP contribution in [0.2, 0.25) is 0 Å². The summed E-state index contributed by atoms with van der Waals surface area (Å²) in [5.74, 6) is 0. The maximum absolute atomic E-state index is 13.2. The first-order valence-electron chi connectivity index (χ1n) is 4.44. The van der Waals surface area contributed by atoms with E-state index < -0.39 is 39.7 Å². The van der Waals surface area contributed by atoms with Crippen molar-refractivity contribution in [2.75, 3.05) is 5.12 Å². The molecule has 0 saturated heterocycles. The number of carbonyl (C=O) groups is 1. The van der Waals surface area contributed by atoms with Crippen LogP contribution in [0.4, 0.5) is 32.6 Å². The van der Waals surface area contributed by atoms with Gasteiger partial charge in [0.15, 0.2) is 6.04 Å². The number of hydrogen-bond donors (Lipinski definition) is 0. The topological polar surface area (TPSA) is 23.6 Å². The first-order chi connectivity index (χ1) is 7.84. The van der Waals surface area contributed by atoms with Crippen molar-refractivity contribution in [1.29, 1.82) is 0 Å². The minimum Gasteiger partial charge on any atom is -0.243 e. The molecule has 0 radical (unpaired) electrons. The average Bonchev–Trinajstić information content (AvgIpc) is 2.24. The number of amides is 2. The van der Waals surface area contributed by atoms with Crippen LogP contribution < -0.4 is 5.12 Å². The minimum atomic E-state index is -5.01. The first-order valence-corrected chi connectivity index (χ1v) is 4.44. The Morgan fingerprint density at radius 3 is 2.29 bits per heavy atom. The van der Waals surface area contributed by atoms with Crippen LogP contribution in [-0.4, -0.2) is 17.3 Å². The van der Waals surface area contributed by atoms with Crippen molar-refractivity contribution in [3.05, 3.63) is 29.8 Å². The van der Waals surface area contributed by atoms with Crippen molar-refractivity contribution in [1.82, 2.24) is 5.12 Å². The number of para-hydroxylation sites is 1. The molecule has 17 heavy (non-hydrogen) atoms. The molecule has 92 valence electrons. The van der Waals surface area contributed by atoms with Crippen LogP contribution in [-0.2, 0) is 0 Å². The van der Waals surface area contributed by atoms with Crippen LogP contribution in [0.25, 0.3) is 0 Å². The number of nitrogens with zero attached hydrogens (tertiary/aromatic N) is 2. The highest BCUT2D eigenvalue weighted by atomic mass is 19.4. The summed E-state index contributed by atoms with van der Waals surface area (Å²) in [5, 5.41) is -1.82. The molecule has 0 aliphatic carbocycles. The molecule has 0 fully saturated rings. The van der Waals surface area contributed by atoms with E-state index in [0.29, 0.717) is 0 Å². The molecule has 3 nitrogen and oxygen atoms in total. The summed E-state index contributed by atoms with van der Waals surface area (Å²) < 4.78 is 64.2. The van der Waals surface area contributed by atoms with E-state index in [4.69, 9.17) is 0 Å². The third-order valence-electron chi connectivity index (χ3n) is 2.33. The molecule has 1 aliphatic rings. The highest BCUT2D eigenvalue weighted by Gasteiger charge is 2.53. The van der Waals surface area contributed by atoms with Crippen LogP contribution in [0.1, 0.15) is 11.6 Å². The zero-order valence-corrected chi connectivity index (χ0v) is 8.08. The zero-order valence-electron chi connectivity index (χ0n) is 8.08. The summed E-state index contributed by atoms with van der Waals surface area (Å²) in [7, 11) is 0. The van der Waals surface area contributed by atoms with Gasteiger partial charge in [0.25, 0.3) is 0 Å². The van der Waals surface area contributed by atoms with E-state index in [-0.39, 0.29) is 0 Å². The lowest BCUT2D eigenvalue weighted by molar-refractivity contribution is -0.208. The SMILES string of the molecule is O=C1N(F)c2ccccc2C(C(F)(F)F)N1F. The van der Waals surface area contributed by atoms with E-state index in [2.05, 4.69) is 0 Å². The van der Waals surface area contributed by atoms with Gasteiger partial charge in [-0.2, -0.15) is 13.2 Å². The summed E-state index contributed by atoms with van der Waals surface area (Å²) in [6.07, 6.45) is -5.01. The molecule has 1 unspecified atom stereocenters. The molecule has 1 aliphatic heterocycles. The molecular weight excluding hydrogens is 247 g/mol. The Morgan fingerprint density at radius 1 is 1.12 bits per heavy atom. The van der Waals surface area contributed by atoms with E-state index in [9.17, 15) is 26.9 Å². The molecular formula is C9H5F5N2O. The molecule has 2 rings (SSSR count). The monoisotopic (exact) mass is 252 g/mol. The molecule has 0 spiro atoms. The molecule has 2 amide bonds. The Bertz CT molecular complexity index is 461. The standard InChI is InChI=1S/C9H5F5N2O/c10-9(11,12)7-5-3-1-2-4-6(5)15(13)8(17)16(7)14/h1-4,7H. The van der Waals surface area contributed by atoms with Crippen molar-refractivity contribution in [3.8, 4) is 0 Å². The number of anilines is 1. The van der Waals surface area contributed by atoms with Gasteiger partial charge in [-0.3, -0.25) is 0 Å². The Balaban J connectivity index is 2.61. The summed E-state index contributed by atoms with van der Waals surface area (Å²) in [6, 6.07) is -0.433. The molecule has 1 aromatic rings. The van der Waals surface area contributed by atoms with E-state index in [1.165, 1.54) is 12.1 Å². The molecule has 0 bridgehead atoms. The van der Waals surface area contributed by atoms with E-state index in [1.807, 2.05) is 0 Å². The smallest absolute Gasteiger partial charge is 0.243 e. The molecule has 0 aromatic heterocycles. The Hall–Kier alpha value is -1.86. The highest BCUT2D eigenvalue weighted by Crippen LogP contribution is 2.45. The second kappa shape index (κ2) is 3.57. The molecule has 1 aromatic carbocycles. The normalized spacial score (nSPS) is 20.5. The fourth-order valence-corrected chi connectivity index (χ4v) is 1.62. The largest absolute Gasteiger partial charge is 0.416 e. The van der Waals surface area contributed by atoms with Crippen LogP contribution in [0.5, 0.6) is 0 Å². The van der Waals surface area contributed by atoms with Gasteiger partial charge in [-0.1, -0.05) is 27.2 Å². The van der Waals surface area contributed by atoms with Gasteiger partial charge in [0.05, 0.1) is 5.69 Å². The van der Waals surface area contributed by atoms with Gasteiger partial charge in [-0.05, 0) is 6.07 Å².